The molecule has 0 N–H and O–H groups in total. The monoisotopic (exact) mass is 269 g/mol. The quantitative estimate of drug-likeness (QED) is 0.633. The van der Waals surface area contributed by atoms with Crippen LogP contribution in [0.4, 0.5) is 48.3 Å². The lowest BCUT2D eigenvalue weighted by Crippen LogP contribution is -2.59. The third-order valence-corrected chi connectivity index (χ3v) is 1.33. The lowest BCUT2D eigenvalue weighted by Gasteiger charge is -2.32. The van der Waals surface area contributed by atoms with Gasteiger partial charge in [-0.15, -0.1) is 0 Å². The molecule has 0 nitrogen and oxygen atoms in total. The molecule has 0 amide bonds. The normalized spacial score (nSPS) is 15.8. The van der Waals surface area contributed by atoms with Crippen LogP contribution in [0.3, 0.4) is 0 Å². The van der Waals surface area contributed by atoms with Gasteiger partial charge in [-0.2, -0.15) is 39.5 Å². The van der Waals surface area contributed by atoms with Crippen LogP contribution in [0.25, 0.3) is 0 Å². The number of hydrogen-bond acceptors (Lipinski definition) is 0. The highest BCUT2D eigenvalue weighted by molar-refractivity contribution is 5.14. The van der Waals surface area contributed by atoms with E-state index >= 15 is 0 Å². The number of alkyl halides is 10. The molecule has 0 aromatic carbocycles. The van der Waals surface area contributed by atoms with Crippen LogP contribution in [0.5, 0.6) is 0 Å². The molecule has 0 heterocycles. The van der Waals surface area contributed by atoms with Gasteiger partial charge in [0.1, 0.15) is 0 Å². The van der Waals surface area contributed by atoms with Crippen molar-refractivity contribution in [2.75, 3.05) is 0 Å². The van der Waals surface area contributed by atoms with Gasteiger partial charge in [-0.05, 0) is 0 Å². The zero-order chi connectivity index (χ0) is 13.6. The lowest BCUT2D eigenvalue weighted by molar-refractivity contribution is -0.360. The Morgan fingerprint density at radius 1 is 0.562 bits per heavy atom. The second kappa shape index (κ2) is 3.62. The SMILES string of the molecule is F[C](C(F)(F)F)C(F)(C(F)(F)F)C(F)(F)F. The average molecular weight is 269 g/mol. The fourth-order valence-electron chi connectivity index (χ4n) is 0.605. The van der Waals surface area contributed by atoms with Crippen LogP contribution in [0, 0.1) is 6.17 Å². The maximum atomic E-state index is 12.3. The Kier molecular flexibility index (Phi) is 3.45. The molecular weight excluding hydrogens is 269 g/mol. The summed E-state index contributed by atoms with van der Waals surface area (Å²) in [4.78, 5) is 0. The highest BCUT2D eigenvalue weighted by Gasteiger charge is 2.82. The minimum Gasteiger partial charge on any atom is -0.225 e. The predicted octanol–water partition coefficient (Wildman–Crippen LogP) is 3.88. The maximum absolute atomic E-state index is 12.3. The van der Waals surface area contributed by atoms with E-state index in [9.17, 15) is 48.3 Å². The summed E-state index contributed by atoms with van der Waals surface area (Å²) < 4.78 is 127. The van der Waals surface area contributed by atoms with Gasteiger partial charge >= 0.3 is 30.4 Å². The van der Waals surface area contributed by atoms with E-state index < -0.39 is 30.4 Å². The fourth-order valence-corrected chi connectivity index (χ4v) is 0.605. The van der Waals surface area contributed by atoms with Crippen LogP contribution >= 0.6 is 0 Å². The van der Waals surface area contributed by atoms with Gasteiger partial charge < -0.3 is 0 Å². The first-order valence-corrected chi connectivity index (χ1v) is 3.08. The van der Waals surface area contributed by atoms with Gasteiger partial charge in [-0.1, -0.05) is 0 Å². The summed E-state index contributed by atoms with van der Waals surface area (Å²) in [6, 6.07) is 0. The predicted molar refractivity (Wildman–Crippen MR) is 26.4 cm³/mol. The van der Waals surface area contributed by atoms with Crippen molar-refractivity contribution in [3.63, 3.8) is 0 Å². The van der Waals surface area contributed by atoms with Gasteiger partial charge in [0.15, 0.2) is 0 Å². The average Bonchev–Trinajstić information content (AvgIpc) is 1.95. The van der Waals surface area contributed by atoms with Gasteiger partial charge in [0, 0.05) is 0 Å². The zero-order valence-electron chi connectivity index (χ0n) is 6.66. The molecule has 0 saturated carbocycles. The molecule has 16 heavy (non-hydrogen) atoms. The first kappa shape index (κ1) is 15.2. The first-order chi connectivity index (χ1) is 6.65. The van der Waals surface area contributed by atoms with Crippen molar-refractivity contribution in [1.29, 1.82) is 0 Å². The van der Waals surface area contributed by atoms with E-state index in [0.29, 0.717) is 0 Å². The first-order valence-electron chi connectivity index (χ1n) is 3.08. The summed E-state index contributed by atoms with van der Waals surface area (Å²) in [7, 11) is 0. The Hall–Kier alpha value is -0.770. The van der Waals surface area contributed by atoms with Crippen molar-refractivity contribution >= 4 is 0 Å². The summed E-state index contributed by atoms with van der Waals surface area (Å²) in [5, 5.41) is 0. The van der Waals surface area contributed by atoms with Crippen LogP contribution in [0.2, 0.25) is 0 Å². The number of halogens is 11. The van der Waals surface area contributed by atoms with E-state index in [2.05, 4.69) is 0 Å². The van der Waals surface area contributed by atoms with Crippen molar-refractivity contribution in [3.8, 4) is 0 Å². The summed E-state index contributed by atoms with van der Waals surface area (Å²) in [5.74, 6) is 0. The molecule has 0 saturated heterocycles. The molecule has 0 aromatic heterocycles. The highest BCUT2D eigenvalue weighted by Crippen LogP contribution is 2.56. The molecule has 0 aliphatic carbocycles. The summed E-state index contributed by atoms with van der Waals surface area (Å²) in [5.41, 5.74) is -7.06. The molecule has 0 atom stereocenters. The van der Waals surface area contributed by atoms with E-state index in [-0.39, 0.29) is 0 Å². The summed E-state index contributed by atoms with van der Waals surface area (Å²) >= 11 is 0. The fraction of sp³-hybridized carbons (Fsp3) is 0.800. The van der Waals surface area contributed by atoms with Crippen molar-refractivity contribution in [1.82, 2.24) is 0 Å². The molecule has 0 bridgehead atoms. The minimum atomic E-state index is -7.11. The number of rotatable bonds is 1. The van der Waals surface area contributed by atoms with E-state index in [1.165, 1.54) is 0 Å². The van der Waals surface area contributed by atoms with E-state index in [0.717, 1.165) is 0 Å². The molecule has 0 fully saturated rings. The maximum Gasteiger partial charge on any atom is 0.435 e. The largest absolute Gasteiger partial charge is 0.435 e. The Morgan fingerprint density at radius 3 is 0.875 bits per heavy atom. The molecule has 0 rings (SSSR count). The van der Waals surface area contributed by atoms with Gasteiger partial charge in [0.2, 0.25) is 0 Å². The van der Waals surface area contributed by atoms with Crippen molar-refractivity contribution < 1.29 is 48.3 Å². The summed E-state index contributed by atoms with van der Waals surface area (Å²) in [6.45, 7) is 0. The van der Waals surface area contributed by atoms with Crippen LogP contribution in [0.1, 0.15) is 0 Å². The van der Waals surface area contributed by atoms with Gasteiger partial charge in [0.25, 0.3) is 0 Å². The van der Waals surface area contributed by atoms with Crippen LogP contribution in [-0.2, 0) is 0 Å². The molecule has 97 valence electrons. The molecule has 0 unspecified atom stereocenters. The Morgan fingerprint density at radius 2 is 0.812 bits per heavy atom. The molecule has 0 spiro atoms. The van der Waals surface area contributed by atoms with Crippen LogP contribution < -0.4 is 0 Å². The summed E-state index contributed by atoms with van der Waals surface area (Å²) in [6.07, 6.45) is -25.7. The smallest absolute Gasteiger partial charge is 0.225 e. The van der Waals surface area contributed by atoms with E-state index in [1.807, 2.05) is 0 Å². The second-order valence-electron chi connectivity index (χ2n) is 2.47. The standard InChI is InChI=1S/C5F11/c6-1(3(8,9)10)2(7,4(11,12)13)5(14,15)16. The lowest BCUT2D eigenvalue weighted by atomic mass is 9.98. The molecule has 0 aliphatic rings. The number of hydrogen-bond donors (Lipinski definition) is 0. The molecular formula is C5F11. The van der Waals surface area contributed by atoms with Crippen molar-refractivity contribution in [3.05, 3.63) is 6.17 Å². The second-order valence-corrected chi connectivity index (χ2v) is 2.47. The van der Waals surface area contributed by atoms with Gasteiger partial charge in [0.05, 0.1) is 0 Å². The Balaban J connectivity index is 5.63. The topological polar surface area (TPSA) is 0 Å². The Labute approximate surface area is 80.0 Å². The highest BCUT2D eigenvalue weighted by atomic mass is 19.4. The van der Waals surface area contributed by atoms with Crippen molar-refractivity contribution in [2.45, 2.75) is 24.2 Å². The van der Waals surface area contributed by atoms with Crippen molar-refractivity contribution in [2.24, 2.45) is 0 Å². The van der Waals surface area contributed by atoms with Gasteiger partial charge in [-0.25, -0.2) is 8.78 Å². The van der Waals surface area contributed by atoms with Crippen LogP contribution in [-0.4, -0.2) is 24.2 Å². The minimum absolute atomic E-state index is 4.81. The molecule has 0 aliphatic heterocycles. The third-order valence-electron chi connectivity index (χ3n) is 1.33. The van der Waals surface area contributed by atoms with E-state index in [1.54, 1.807) is 0 Å². The molecule has 1 radical (unpaired) electrons. The van der Waals surface area contributed by atoms with Crippen LogP contribution in [0.15, 0.2) is 0 Å². The molecule has 0 aromatic rings. The third kappa shape index (κ3) is 2.32. The molecule has 11 heteroatoms. The van der Waals surface area contributed by atoms with Gasteiger partial charge in [-0.3, -0.25) is 0 Å². The van der Waals surface area contributed by atoms with E-state index in [4.69, 9.17) is 0 Å². The Bertz CT molecular complexity index is 227. The zero-order valence-corrected chi connectivity index (χ0v) is 6.66.